The molecular formula is C63H74N8O5S2U. The van der Waals surface area contributed by atoms with Crippen molar-refractivity contribution in [2.45, 2.75) is 108 Å². The second-order valence-electron chi connectivity index (χ2n) is 22.2. The average Bonchev–Trinajstić information content (AvgIpc) is 4.51. The molecular weight excluding hydrogens is 1250 g/mol. The summed E-state index contributed by atoms with van der Waals surface area (Å²) in [5.74, 6) is 4.84. The topological polar surface area (TPSA) is 165 Å². The molecule has 412 valence electrons. The van der Waals surface area contributed by atoms with E-state index in [1.807, 2.05) is 34.7 Å². The number of nitrogens with zero attached hydrogens (tertiary/aromatic N) is 4. The zero-order chi connectivity index (χ0) is 53.2. The van der Waals surface area contributed by atoms with E-state index in [0.29, 0.717) is 49.6 Å². The average molecular weight is 1330 g/mol. The molecule has 4 bridgehead atoms. The molecule has 4 N–H and O–H groups in total. The van der Waals surface area contributed by atoms with E-state index in [9.17, 15) is 19.2 Å². The number of nitrogens with one attached hydrogen (secondary N) is 4. The number of aromatic amines is 2. The van der Waals surface area contributed by atoms with Crippen molar-refractivity contribution in [1.29, 1.82) is 0 Å². The third kappa shape index (κ3) is 12.2. The zero-order valence-electron chi connectivity index (χ0n) is 46.2. The van der Waals surface area contributed by atoms with Crippen molar-refractivity contribution < 1.29 is 55.0 Å². The number of alkyl carbamates (subject to hydrolysis) is 1. The van der Waals surface area contributed by atoms with Crippen LogP contribution in [-0.4, -0.2) is 110 Å². The summed E-state index contributed by atoms with van der Waals surface area (Å²) in [4.78, 5) is 73.1. The Morgan fingerprint density at radius 3 is 1.76 bits per heavy atom. The molecule has 0 radical (unpaired) electrons. The minimum absolute atomic E-state index is 0. The molecule has 4 aromatic carbocycles. The van der Waals surface area contributed by atoms with Crippen molar-refractivity contribution in [2.75, 3.05) is 44.2 Å². The van der Waals surface area contributed by atoms with Crippen LogP contribution in [0.3, 0.4) is 0 Å². The number of ether oxygens (including phenoxy) is 1. The maximum absolute atomic E-state index is 14.2. The SMILES string of the molecule is COC(=O)N[C@@H](CCSC)C(=O)N1CC2CCCC2[C@H]1c1ncc(-c2ccc(-c3cc4ccc3CCc3ccc(c(-c5ccc(-c6cnc([C@@H]7C8CCCC8CN7C(=O)[C@H](CCSC)N[C-]=O)[nH]6)cc5)c3)C[C@H]4C)cc2)[nH]1.[CH3-].[U+2]. The van der Waals surface area contributed by atoms with E-state index < -0.39 is 18.2 Å². The molecule has 4 amide bonds. The molecule has 16 heteroatoms. The Hall–Kier alpha value is -5.27. The number of hydrogen-bond donors (Lipinski definition) is 4. The first-order valence-electron chi connectivity index (χ1n) is 27.7. The van der Waals surface area contributed by atoms with Crippen molar-refractivity contribution >= 4 is 47.8 Å². The maximum atomic E-state index is 14.2. The largest absolute Gasteiger partial charge is 2.00 e. The van der Waals surface area contributed by atoms with E-state index in [1.54, 1.807) is 29.9 Å². The molecule has 4 unspecified atom stereocenters. The summed E-state index contributed by atoms with van der Waals surface area (Å²) in [5.41, 5.74) is 14.1. The van der Waals surface area contributed by atoms with Gasteiger partial charge >= 0.3 is 37.2 Å². The summed E-state index contributed by atoms with van der Waals surface area (Å²) in [5, 5.41) is 5.51. The second kappa shape index (κ2) is 26.1. The number of imidazole rings is 2. The molecule has 6 aliphatic carbocycles. The van der Waals surface area contributed by atoms with Gasteiger partial charge in [-0.25, -0.2) is 14.8 Å². The zero-order valence-corrected chi connectivity index (χ0v) is 52.0. The number of fused-ring (bicyclic) bond motifs is 2. The Bertz CT molecular complexity index is 3090. The Morgan fingerprint density at radius 1 is 0.696 bits per heavy atom. The first-order chi connectivity index (χ1) is 37.6. The van der Waals surface area contributed by atoms with Gasteiger partial charge in [0.2, 0.25) is 11.8 Å². The van der Waals surface area contributed by atoms with E-state index in [1.165, 1.54) is 51.6 Å². The summed E-state index contributed by atoms with van der Waals surface area (Å²) in [6, 6.07) is 30.2. The van der Waals surface area contributed by atoms with Crippen LogP contribution in [0.1, 0.15) is 110 Å². The molecule has 2 saturated heterocycles. The van der Waals surface area contributed by atoms with Gasteiger partial charge in [-0.1, -0.05) is 105 Å². The monoisotopic (exact) mass is 1320 g/mol. The molecule has 0 spiro atoms. The Kier molecular flexibility index (Phi) is 19.3. The summed E-state index contributed by atoms with van der Waals surface area (Å²) in [7, 11) is 1.33. The van der Waals surface area contributed by atoms with Gasteiger partial charge in [-0.15, -0.1) is 0 Å². The number of H-pyrrole nitrogens is 2. The molecule has 13 nitrogen and oxygen atoms in total. The van der Waals surface area contributed by atoms with E-state index >= 15 is 0 Å². The third-order valence-electron chi connectivity index (χ3n) is 17.7. The van der Waals surface area contributed by atoms with Crippen LogP contribution in [-0.2, 0) is 38.4 Å². The van der Waals surface area contributed by atoms with Gasteiger partial charge in [0.1, 0.15) is 17.7 Å². The van der Waals surface area contributed by atoms with Crippen LogP contribution in [0.2, 0.25) is 0 Å². The standard InChI is InChI=1S/C62H71N8O5S2.CH3.U/c1-37-29-45-14-12-38(30-50(45)40-15-20-42(21-16-40)54-32-63-58(66-54)56-48-9-5-7-46(48)34-69(56)60(72)52(65-36-71)25-27-76-3)11-13-39-19-24-44(37)31-51(39)41-17-22-43(23-18-41)55-33-64-59(67-55)57-49-10-6-8-47(49)35-70(57)61(73)53(26-28-77-4)68-62(74)75-2;;/h12,14-24,30-33,37,46-49,52-53,56-57H,5-11,13,25-29,34-35H2,1-4H3,(H,63,66)(H,64,67)(H,65,71)(H,68,74);1H3;/q2*-1;+2/t37-,46?,47?,48?,49?,52+,53+,56+,57+;;/m1../s1. The molecule has 79 heavy (non-hydrogen) atoms. The molecule has 2 aliphatic heterocycles. The van der Waals surface area contributed by atoms with Crippen LogP contribution < -0.4 is 10.6 Å². The number of benzene rings is 4. The normalized spacial score (nSPS) is 22.7. The molecule has 4 heterocycles. The van der Waals surface area contributed by atoms with Crippen LogP contribution in [0.5, 0.6) is 0 Å². The van der Waals surface area contributed by atoms with Crippen LogP contribution >= 0.6 is 23.5 Å². The molecule has 4 fully saturated rings. The van der Waals surface area contributed by atoms with Gasteiger partial charge in [-0.2, -0.15) is 29.9 Å². The van der Waals surface area contributed by atoms with Gasteiger partial charge in [-0.3, -0.25) is 9.59 Å². The van der Waals surface area contributed by atoms with Crippen LogP contribution in [0.15, 0.2) is 97.3 Å². The van der Waals surface area contributed by atoms with E-state index in [4.69, 9.17) is 14.7 Å². The van der Waals surface area contributed by atoms with Gasteiger partial charge in [0.05, 0.1) is 49.0 Å². The van der Waals surface area contributed by atoms with Crippen molar-refractivity contribution in [2.24, 2.45) is 23.7 Å². The van der Waals surface area contributed by atoms with Crippen LogP contribution in [0.4, 0.5) is 4.79 Å². The molecule has 2 aromatic heterocycles. The van der Waals surface area contributed by atoms with Crippen LogP contribution in [0, 0.1) is 62.2 Å². The fraction of sp³-hybridized carbons (Fsp3) is 0.444. The maximum Gasteiger partial charge on any atom is 2.00 e. The molecule has 6 aromatic rings. The smallest absolute Gasteiger partial charge is 0.520 e. The van der Waals surface area contributed by atoms with Crippen molar-refractivity contribution in [1.82, 2.24) is 40.4 Å². The number of carbonyl (C=O) groups excluding carboxylic acids is 4. The number of aryl methyl sites for hydroxylation is 2. The fourth-order valence-electron chi connectivity index (χ4n) is 13.7. The summed E-state index contributed by atoms with van der Waals surface area (Å²) >= 11 is 3.32. The Balaban J connectivity index is 0.00000378. The first kappa shape index (κ1) is 58.4. The minimum Gasteiger partial charge on any atom is -0.520 e. The molecule has 14 rings (SSSR count). The number of hydrogen-bond acceptors (Lipinski definition) is 9. The predicted octanol–water partition coefficient (Wildman–Crippen LogP) is 11.6. The number of rotatable bonds is 17. The number of likely N-dealkylation sites (tertiary alicyclic amines) is 2. The number of thioether (sulfide) groups is 2. The quantitative estimate of drug-likeness (QED) is 0.0514. The van der Waals surface area contributed by atoms with E-state index in [0.717, 1.165) is 103 Å². The summed E-state index contributed by atoms with van der Waals surface area (Å²) < 4.78 is 4.91. The summed E-state index contributed by atoms with van der Waals surface area (Å²) in [6.45, 7) is 3.70. The number of aromatic nitrogens is 4. The Labute approximate surface area is 498 Å². The summed E-state index contributed by atoms with van der Waals surface area (Å²) in [6.07, 6.45) is 19.5. The Morgan fingerprint density at radius 2 is 1.22 bits per heavy atom. The van der Waals surface area contributed by atoms with Gasteiger partial charge in [-0.05, 0) is 167 Å². The second-order valence-corrected chi connectivity index (χ2v) is 24.1. The first-order valence-corrected chi connectivity index (χ1v) is 30.5. The van der Waals surface area contributed by atoms with Crippen molar-refractivity contribution in [3.8, 4) is 44.8 Å². The van der Waals surface area contributed by atoms with Gasteiger partial charge in [0.15, 0.2) is 0 Å². The van der Waals surface area contributed by atoms with Crippen molar-refractivity contribution in [3.63, 3.8) is 0 Å². The molecule has 8 aliphatic rings. The van der Waals surface area contributed by atoms with Crippen molar-refractivity contribution in [3.05, 3.63) is 139 Å². The molecule has 2 saturated carbocycles. The van der Waals surface area contributed by atoms with Gasteiger partial charge < -0.3 is 47.4 Å². The van der Waals surface area contributed by atoms with Gasteiger partial charge in [0.25, 0.3) is 0 Å². The number of amides is 4. The molecule has 9 atom stereocenters. The third-order valence-corrected chi connectivity index (χ3v) is 19.0. The van der Waals surface area contributed by atoms with E-state index in [2.05, 4.69) is 112 Å². The minimum atomic E-state index is -0.655. The predicted molar refractivity (Wildman–Crippen MR) is 313 cm³/mol. The fourth-order valence-corrected chi connectivity index (χ4v) is 14.6. The van der Waals surface area contributed by atoms with Crippen LogP contribution in [0.25, 0.3) is 44.8 Å². The number of methoxy groups -OCH3 is 1. The number of carbonyl (C=O) groups is 3. The van der Waals surface area contributed by atoms with Gasteiger partial charge in [0, 0.05) is 13.1 Å². The van der Waals surface area contributed by atoms with E-state index in [-0.39, 0.29) is 68.4 Å².